The molecule has 2 amide bonds. The van der Waals surface area contributed by atoms with Crippen LogP contribution < -0.4 is 5.32 Å². The number of anilines is 1. The normalized spacial score (nSPS) is 26.8. The van der Waals surface area contributed by atoms with E-state index < -0.39 is 0 Å². The average molecular weight is 347 g/mol. The molecule has 3 heterocycles. The number of nitrogens with zero attached hydrogens (tertiary/aromatic N) is 2. The SMILES string of the molecule is Cc1nc2ccc(NC(=O)[C@@H]3CS[C@]4(C)CCC(=O)N34)cc2s1. The van der Waals surface area contributed by atoms with Crippen LogP contribution in [0, 0.1) is 6.92 Å². The Morgan fingerprint density at radius 2 is 2.30 bits per heavy atom. The van der Waals surface area contributed by atoms with Gasteiger partial charge in [0.1, 0.15) is 6.04 Å². The zero-order chi connectivity index (χ0) is 16.2. The van der Waals surface area contributed by atoms with Crippen molar-refractivity contribution in [2.45, 2.75) is 37.6 Å². The van der Waals surface area contributed by atoms with Gasteiger partial charge in [-0.05, 0) is 38.5 Å². The Morgan fingerprint density at radius 1 is 1.48 bits per heavy atom. The summed E-state index contributed by atoms with van der Waals surface area (Å²) in [6.07, 6.45) is 1.37. The van der Waals surface area contributed by atoms with Gasteiger partial charge in [-0.1, -0.05) is 0 Å². The van der Waals surface area contributed by atoms with E-state index in [0.717, 1.165) is 27.3 Å². The van der Waals surface area contributed by atoms with Gasteiger partial charge < -0.3 is 10.2 Å². The van der Waals surface area contributed by atoms with Gasteiger partial charge in [0.25, 0.3) is 0 Å². The van der Waals surface area contributed by atoms with E-state index in [9.17, 15) is 9.59 Å². The number of carbonyl (C=O) groups is 2. The third kappa shape index (κ3) is 2.42. The summed E-state index contributed by atoms with van der Waals surface area (Å²) in [7, 11) is 0. The van der Waals surface area contributed by atoms with Gasteiger partial charge in [0.05, 0.1) is 20.1 Å². The summed E-state index contributed by atoms with van der Waals surface area (Å²) >= 11 is 3.32. The minimum atomic E-state index is -0.376. The zero-order valence-corrected chi connectivity index (χ0v) is 14.6. The standard InChI is InChI=1S/C16H17N3O2S2/c1-9-17-11-4-3-10(7-13(11)23-9)18-15(21)12-8-22-16(2)6-5-14(20)19(12)16/h3-4,7,12H,5-6,8H2,1-2H3,(H,18,21)/t12-,16+/m0/s1. The number of thioether (sulfide) groups is 1. The largest absolute Gasteiger partial charge is 0.324 e. The van der Waals surface area contributed by atoms with Crippen LogP contribution in [0.2, 0.25) is 0 Å². The molecule has 0 saturated carbocycles. The van der Waals surface area contributed by atoms with Crippen LogP contribution in [0.3, 0.4) is 0 Å². The molecule has 4 rings (SSSR count). The fourth-order valence-electron chi connectivity index (χ4n) is 3.36. The first kappa shape index (κ1) is 15.0. The smallest absolute Gasteiger partial charge is 0.248 e. The molecule has 0 aliphatic carbocycles. The number of carbonyl (C=O) groups excluding carboxylic acids is 2. The molecule has 7 heteroatoms. The summed E-state index contributed by atoms with van der Waals surface area (Å²) in [4.78, 5) is 30.8. The lowest BCUT2D eigenvalue weighted by atomic mass is 10.2. The molecule has 2 aromatic rings. The number of hydrogen-bond acceptors (Lipinski definition) is 5. The highest BCUT2D eigenvalue weighted by Gasteiger charge is 2.52. The summed E-state index contributed by atoms with van der Waals surface area (Å²) in [5, 5.41) is 3.98. The van der Waals surface area contributed by atoms with Gasteiger partial charge >= 0.3 is 0 Å². The average Bonchev–Trinajstić information content (AvgIpc) is 3.12. The fraction of sp³-hybridized carbons (Fsp3) is 0.438. The molecule has 5 nitrogen and oxygen atoms in total. The lowest BCUT2D eigenvalue weighted by Crippen LogP contribution is -2.48. The highest BCUT2D eigenvalue weighted by Crippen LogP contribution is 2.47. The molecule has 0 unspecified atom stereocenters. The molecule has 0 bridgehead atoms. The highest BCUT2D eigenvalue weighted by molar-refractivity contribution is 8.01. The van der Waals surface area contributed by atoms with Crippen LogP contribution in [-0.4, -0.2) is 38.4 Å². The first-order chi connectivity index (χ1) is 11.0. The topological polar surface area (TPSA) is 62.3 Å². The second-order valence-electron chi connectivity index (χ2n) is 6.17. The van der Waals surface area contributed by atoms with E-state index in [1.165, 1.54) is 0 Å². The van der Waals surface area contributed by atoms with Crippen LogP contribution >= 0.6 is 23.1 Å². The molecular formula is C16H17N3O2S2. The van der Waals surface area contributed by atoms with Gasteiger partial charge in [-0.15, -0.1) is 23.1 Å². The highest BCUT2D eigenvalue weighted by atomic mass is 32.2. The second-order valence-corrected chi connectivity index (χ2v) is 8.91. The minimum absolute atomic E-state index is 0.0891. The van der Waals surface area contributed by atoms with Crippen LogP contribution in [0.25, 0.3) is 10.2 Å². The van der Waals surface area contributed by atoms with Gasteiger partial charge in [0.15, 0.2) is 0 Å². The first-order valence-corrected chi connectivity index (χ1v) is 9.41. The number of nitrogens with one attached hydrogen (secondary N) is 1. The molecule has 2 atom stereocenters. The lowest BCUT2D eigenvalue weighted by Gasteiger charge is -2.29. The summed E-state index contributed by atoms with van der Waals surface area (Å²) < 4.78 is 1.06. The molecule has 2 aliphatic heterocycles. The Kier molecular flexibility index (Phi) is 3.39. The van der Waals surface area contributed by atoms with E-state index in [2.05, 4.69) is 17.2 Å². The summed E-state index contributed by atoms with van der Waals surface area (Å²) in [5.41, 5.74) is 1.71. The van der Waals surface area contributed by atoms with Crippen LogP contribution in [0.15, 0.2) is 18.2 Å². The quantitative estimate of drug-likeness (QED) is 0.907. The minimum Gasteiger partial charge on any atom is -0.324 e. The van der Waals surface area contributed by atoms with Crippen molar-refractivity contribution in [2.24, 2.45) is 0 Å². The number of rotatable bonds is 2. The van der Waals surface area contributed by atoms with E-state index in [1.54, 1.807) is 28.0 Å². The molecule has 2 saturated heterocycles. The monoisotopic (exact) mass is 347 g/mol. The number of fused-ring (bicyclic) bond motifs is 2. The van der Waals surface area contributed by atoms with Crippen LogP contribution in [0.4, 0.5) is 5.69 Å². The van der Waals surface area contributed by atoms with Gasteiger partial charge in [-0.2, -0.15) is 0 Å². The number of aromatic nitrogens is 1. The number of hydrogen-bond donors (Lipinski definition) is 1. The lowest BCUT2D eigenvalue weighted by molar-refractivity contribution is -0.135. The van der Waals surface area contributed by atoms with E-state index in [0.29, 0.717) is 12.2 Å². The second kappa shape index (κ2) is 5.21. The Morgan fingerprint density at radius 3 is 3.13 bits per heavy atom. The van der Waals surface area contributed by atoms with Crippen molar-refractivity contribution in [3.63, 3.8) is 0 Å². The zero-order valence-electron chi connectivity index (χ0n) is 13.0. The van der Waals surface area contributed by atoms with Crippen molar-refractivity contribution in [1.29, 1.82) is 0 Å². The molecule has 2 fully saturated rings. The number of amides is 2. The van der Waals surface area contributed by atoms with Gasteiger partial charge in [-0.3, -0.25) is 9.59 Å². The van der Waals surface area contributed by atoms with Gasteiger partial charge in [0, 0.05) is 17.9 Å². The number of aryl methyl sites for hydroxylation is 1. The fourth-order valence-corrected chi connectivity index (χ4v) is 5.66. The third-order valence-corrected chi connectivity index (χ3v) is 6.95. The molecule has 1 aromatic carbocycles. The molecule has 1 aromatic heterocycles. The van der Waals surface area contributed by atoms with Crippen molar-refractivity contribution in [3.05, 3.63) is 23.2 Å². The predicted octanol–water partition coefficient (Wildman–Crippen LogP) is 3.00. The van der Waals surface area contributed by atoms with E-state index in [1.807, 2.05) is 25.1 Å². The maximum absolute atomic E-state index is 12.7. The molecule has 120 valence electrons. The van der Waals surface area contributed by atoms with E-state index >= 15 is 0 Å². The van der Waals surface area contributed by atoms with Crippen molar-refractivity contribution in [2.75, 3.05) is 11.1 Å². The van der Waals surface area contributed by atoms with E-state index in [4.69, 9.17) is 0 Å². The summed E-state index contributed by atoms with van der Waals surface area (Å²) in [6, 6.07) is 5.36. The molecule has 0 radical (unpaired) electrons. The van der Waals surface area contributed by atoms with Crippen LogP contribution in [-0.2, 0) is 9.59 Å². The number of benzene rings is 1. The predicted molar refractivity (Wildman–Crippen MR) is 93.7 cm³/mol. The van der Waals surface area contributed by atoms with Crippen LogP contribution in [0.5, 0.6) is 0 Å². The summed E-state index contributed by atoms with van der Waals surface area (Å²) in [5.74, 6) is 0.652. The molecule has 23 heavy (non-hydrogen) atoms. The van der Waals surface area contributed by atoms with Crippen LogP contribution in [0.1, 0.15) is 24.8 Å². The molecule has 2 aliphatic rings. The Balaban J connectivity index is 1.56. The van der Waals surface area contributed by atoms with Crippen molar-refractivity contribution >= 4 is 50.8 Å². The van der Waals surface area contributed by atoms with E-state index in [-0.39, 0.29) is 22.7 Å². The van der Waals surface area contributed by atoms with Gasteiger partial charge in [-0.25, -0.2) is 4.98 Å². The summed E-state index contributed by atoms with van der Waals surface area (Å²) in [6.45, 7) is 4.03. The Hall–Kier alpha value is -1.60. The Bertz CT molecular complexity index is 819. The third-order valence-electron chi connectivity index (χ3n) is 4.51. The number of thiazole rings is 1. The Labute approximate surface area is 142 Å². The molecule has 1 N–H and O–H groups in total. The maximum Gasteiger partial charge on any atom is 0.248 e. The van der Waals surface area contributed by atoms with Gasteiger partial charge in [0.2, 0.25) is 11.8 Å². The molecule has 0 spiro atoms. The first-order valence-electron chi connectivity index (χ1n) is 7.60. The molecular weight excluding hydrogens is 330 g/mol. The van der Waals surface area contributed by atoms with Crippen molar-refractivity contribution < 1.29 is 9.59 Å². The maximum atomic E-state index is 12.7. The van der Waals surface area contributed by atoms with Crippen molar-refractivity contribution in [3.8, 4) is 0 Å². The van der Waals surface area contributed by atoms with Crippen molar-refractivity contribution in [1.82, 2.24) is 9.88 Å².